The second kappa shape index (κ2) is 8.76. The van der Waals surface area contributed by atoms with Crippen LogP contribution in [0.4, 0.5) is 0 Å². The Balaban J connectivity index is 1.41. The number of hydrogen-bond donors (Lipinski definition) is 0. The van der Waals surface area contributed by atoms with Gasteiger partial charge in [-0.1, -0.05) is 115 Å². The van der Waals surface area contributed by atoms with Gasteiger partial charge in [-0.3, -0.25) is 4.57 Å². The van der Waals surface area contributed by atoms with Gasteiger partial charge < -0.3 is 4.42 Å². The van der Waals surface area contributed by atoms with Gasteiger partial charge in [-0.2, -0.15) is 0 Å². The summed E-state index contributed by atoms with van der Waals surface area (Å²) < 4.78 is 8.86. The minimum absolute atomic E-state index is 0.639. The zero-order chi connectivity index (χ0) is 28.8. The van der Waals surface area contributed by atoms with E-state index in [1.165, 1.54) is 16.2 Å². The third kappa shape index (κ3) is 3.17. The Morgan fingerprint density at radius 1 is 0.500 bits per heavy atom. The molecule has 4 heteroatoms. The van der Waals surface area contributed by atoms with E-state index in [2.05, 4.69) is 126 Å². The van der Waals surface area contributed by atoms with Gasteiger partial charge in [-0.15, -0.1) is 0 Å². The van der Waals surface area contributed by atoms with Crippen LogP contribution in [0, 0.1) is 0 Å². The van der Waals surface area contributed by atoms with Crippen LogP contribution in [0.25, 0.3) is 93.4 Å². The summed E-state index contributed by atoms with van der Waals surface area (Å²) in [7, 11) is 0. The fourth-order valence-corrected chi connectivity index (χ4v) is 7.05. The molecule has 0 radical (unpaired) electrons. The van der Waals surface area contributed by atoms with Crippen LogP contribution < -0.4 is 0 Å². The average molecular weight is 562 g/mol. The topological polar surface area (TPSA) is 43.9 Å². The highest BCUT2D eigenvalue weighted by Gasteiger charge is 2.24. The second-order valence-corrected chi connectivity index (χ2v) is 11.4. The minimum Gasteiger partial charge on any atom is -0.455 e. The van der Waals surface area contributed by atoms with Crippen molar-refractivity contribution in [2.24, 2.45) is 0 Å². The molecule has 44 heavy (non-hydrogen) atoms. The first-order chi connectivity index (χ1) is 21.8. The summed E-state index contributed by atoms with van der Waals surface area (Å²) in [5.74, 6) is 0.639. The second-order valence-electron chi connectivity index (χ2n) is 11.4. The van der Waals surface area contributed by atoms with Gasteiger partial charge in [0.05, 0.1) is 27.6 Å². The largest absolute Gasteiger partial charge is 0.455 e. The van der Waals surface area contributed by atoms with Gasteiger partial charge >= 0.3 is 0 Å². The monoisotopic (exact) mass is 561 g/mol. The number of rotatable bonds is 2. The Labute approximate surface area is 251 Å². The van der Waals surface area contributed by atoms with E-state index in [4.69, 9.17) is 14.4 Å². The maximum Gasteiger partial charge on any atom is 0.235 e. The molecule has 0 saturated carbocycles. The summed E-state index contributed by atoms with van der Waals surface area (Å²) in [6, 6.07) is 48.8. The smallest absolute Gasteiger partial charge is 0.235 e. The first-order valence-electron chi connectivity index (χ1n) is 14.8. The van der Waals surface area contributed by atoms with E-state index in [0.29, 0.717) is 5.95 Å². The molecule has 0 atom stereocenters. The number of furan rings is 1. The summed E-state index contributed by atoms with van der Waals surface area (Å²) in [5.41, 5.74) is 6.75. The Morgan fingerprint density at radius 3 is 2.07 bits per heavy atom. The van der Waals surface area contributed by atoms with E-state index in [1.807, 2.05) is 18.2 Å². The summed E-state index contributed by atoms with van der Waals surface area (Å²) in [4.78, 5) is 10.6. The molecule has 204 valence electrons. The van der Waals surface area contributed by atoms with E-state index in [1.54, 1.807) is 0 Å². The lowest BCUT2D eigenvalue weighted by molar-refractivity contribution is 0.673. The molecule has 7 aromatic carbocycles. The highest BCUT2D eigenvalue weighted by Crippen LogP contribution is 2.45. The van der Waals surface area contributed by atoms with Crippen LogP contribution in [-0.4, -0.2) is 14.5 Å². The number of nitrogens with zero attached hydrogens (tertiary/aromatic N) is 3. The lowest BCUT2D eigenvalue weighted by atomic mass is 9.99. The van der Waals surface area contributed by atoms with E-state index < -0.39 is 0 Å². The zero-order valence-corrected chi connectivity index (χ0v) is 23.5. The predicted molar refractivity (Wildman–Crippen MR) is 182 cm³/mol. The summed E-state index contributed by atoms with van der Waals surface area (Å²) in [6.45, 7) is 0. The Bertz CT molecular complexity index is 2790. The van der Waals surface area contributed by atoms with Crippen LogP contribution in [0.1, 0.15) is 0 Å². The van der Waals surface area contributed by atoms with Gasteiger partial charge in [0.25, 0.3) is 0 Å². The van der Waals surface area contributed by atoms with Crippen molar-refractivity contribution in [3.63, 3.8) is 0 Å². The van der Waals surface area contributed by atoms with Gasteiger partial charge in [0.15, 0.2) is 0 Å². The van der Waals surface area contributed by atoms with Gasteiger partial charge in [0.1, 0.15) is 11.2 Å². The van der Waals surface area contributed by atoms with E-state index in [0.717, 1.165) is 71.3 Å². The molecule has 0 aliphatic carbocycles. The van der Waals surface area contributed by atoms with Gasteiger partial charge in [0.2, 0.25) is 5.95 Å². The normalized spacial score (nSPS) is 12.1. The first-order valence-corrected chi connectivity index (χ1v) is 14.8. The molecule has 3 aromatic heterocycles. The molecule has 10 rings (SSSR count). The van der Waals surface area contributed by atoms with Gasteiger partial charge in [-0.05, 0) is 40.4 Å². The summed E-state index contributed by atoms with van der Waals surface area (Å²) in [5, 5.41) is 10.2. The molecule has 0 N–H and O–H groups in total. The fourth-order valence-electron chi connectivity index (χ4n) is 7.05. The average Bonchev–Trinajstić information content (AvgIpc) is 3.64. The Kier molecular flexibility index (Phi) is 4.69. The molecular formula is C40H23N3O. The van der Waals surface area contributed by atoms with Crippen molar-refractivity contribution in [1.82, 2.24) is 14.5 Å². The molecule has 0 saturated heterocycles. The lowest BCUT2D eigenvalue weighted by Gasteiger charge is -2.13. The molecule has 0 unspecified atom stereocenters. The van der Waals surface area contributed by atoms with Crippen molar-refractivity contribution in [3.05, 3.63) is 140 Å². The first kappa shape index (κ1) is 23.6. The van der Waals surface area contributed by atoms with Crippen LogP contribution in [0.3, 0.4) is 0 Å². The highest BCUT2D eigenvalue weighted by molar-refractivity contribution is 6.35. The molecule has 4 nitrogen and oxygen atoms in total. The van der Waals surface area contributed by atoms with Crippen molar-refractivity contribution < 1.29 is 4.42 Å². The standard InChI is InChI=1S/C40H23N3O/c1-2-12-25-23-26(22-21-24(25)11-1)37-29-15-5-8-18-32(29)41-40(42-37)43-33-19-9-6-16-30(33)35-27-13-3-4-14-28(27)39-36(38(35)43)31-17-7-10-20-34(31)44-39/h1-23H. The fraction of sp³-hybridized carbons (Fsp3) is 0. The van der Waals surface area contributed by atoms with Crippen LogP contribution in [-0.2, 0) is 0 Å². The molecule has 0 spiro atoms. The number of para-hydroxylation sites is 3. The Hall–Kier alpha value is -6.00. The van der Waals surface area contributed by atoms with Crippen molar-refractivity contribution in [2.45, 2.75) is 0 Å². The predicted octanol–water partition coefficient (Wildman–Crippen LogP) is 10.6. The van der Waals surface area contributed by atoms with Crippen molar-refractivity contribution in [2.75, 3.05) is 0 Å². The van der Waals surface area contributed by atoms with Crippen molar-refractivity contribution in [3.8, 4) is 17.2 Å². The van der Waals surface area contributed by atoms with Crippen molar-refractivity contribution in [1.29, 1.82) is 0 Å². The molecule has 0 amide bonds. The van der Waals surface area contributed by atoms with Crippen molar-refractivity contribution >= 4 is 76.2 Å². The van der Waals surface area contributed by atoms with Crippen LogP contribution in [0.2, 0.25) is 0 Å². The third-order valence-electron chi connectivity index (χ3n) is 8.96. The number of aromatic nitrogens is 3. The maximum absolute atomic E-state index is 6.61. The SMILES string of the molecule is c1ccc2cc(-c3nc(-n4c5ccccc5c5c6ccccc6c6oc7ccccc7c6c54)nc4ccccc34)ccc2c1. The quantitative estimate of drug-likeness (QED) is 0.211. The van der Waals surface area contributed by atoms with Crippen LogP contribution in [0.5, 0.6) is 0 Å². The number of benzene rings is 7. The third-order valence-corrected chi connectivity index (χ3v) is 8.96. The Morgan fingerprint density at radius 2 is 1.18 bits per heavy atom. The van der Waals surface area contributed by atoms with Gasteiger partial charge in [0, 0.05) is 32.5 Å². The minimum atomic E-state index is 0.639. The number of fused-ring (bicyclic) bond motifs is 12. The van der Waals surface area contributed by atoms with E-state index in [-0.39, 0.29) is 0 Å². The summed E-state index contributed by atoms with van der Waals surface area (Å²) >= 11 is 0. The molecule has 10 aromatic rings. The molecule has 0 bridgehead atoms. The maximum atomic E-state index is 6.61. The molecule has 0 aliphatic heterocycles. The van der Waals surface area contributed by atoms with Crippen LogP contribution >= 0.6 is 0 Å². The van der Waals surface area contributed by atoms with Gasteiger partial charge in [-0.25, -0.2) is 9.97 Å². The number of hydrogen-bond acceptors (Lipinski definition) is 3. The van der Waals surface area contributed by atoms with Crippen LogP contribution in [0.15, 0.2) is 144 Å². The molecule has 3 heterocycles. The molecule has 0 fully saturated rings. The molecule has 0 aliphatic rings. The lowest BCUT2D eigenvalue weighted by Crippen LogP contribution is -2.03. The summed E-state index contributed by atoms with van der Waals surface area (Å²) in [6.07, 6.45) is 0. The highest BCUT2D eigenvalue weighted by atomic mass is 16.3. The molecular weight excluding hydrogens is 538 g/mol. The van der Waals surface area contributed by atoms with E-state index in [9.17, 15) is 0 Å². The van der Waals surface area contributed by atoms with E-state index >= 15 is 0 Å². The zero-order valence-electron chi connectivity index (χ0n) is 23.5.